The van der Waals surface area contributed by atoms with Crippen molar-refractivity contribution in [1.82, 2.24) is 19.1 Å². The molecule has 214 valence electrons. The fourth-order valence-electron chi connectivity index (χ4n) is 4.69. The van der Waals surface area contributed by atoms with Gasteiger partial charge in [0.1, 0.15) is 17.5 Å². The molecule has 0 bridgehead atoms. The van der Waals surface area contributed by atoms with Gasteiger partial charge in [0.15, 0.2) is 5.65 Å². The van der Waals surface area contributed by atoms with Crippen molar-refractivity contribution in [2.75, 3.05) is 4.72 Å². The lowest BCUT2D eigenvalue weighted by molar-refractivity contribution is 0.288. The second kappa shape index (κ2) is 11.9. The zero-order chi connectivity index (χ0) is 29.1. The van der Waals surface area contributed by atoms with Crippen LogP contribution in [-0.4, -0.2) is 33.7 Å². The zero-order valence-electron chi connectivity index (χ0n) is 22.3. The van der Waals surface area contributed by atoms with Crippen molar-refractivity contribution in [2.45, 2.75) is 50.3 Å². The van der Waals surface area contributed by atoms with Gasteiger partial charge in [-0.2, -0.15) is 0 Å². The minimum atomic E-state index is -3.79. The van der Waals surface area contributed by atoms with Crippen LogP contribution in [0.1, 0.15) is 31.2 Å². The molecule has 2 unspecified atom stereocenters. The summed E-state index contributed by atoms with van der Waals surface area (Å²) < 4.78 is 44.9. The number of rotatable bonds is 10. The van der Waals surface area contributed by atoms with E-state index in [0.29, 0.717) is 35.9 Å². The molecule has 1 aliphatic rings. The molecular weight excluding hydrogens is 569 g/mol. The molecule has 0 fully saturated rings. The average molecular weight is 598 g/mol. The van der Waals surface area contributed by atoms with Crippen molar-refractivity contribution in [2.24, 2.45) is 5.92 Å². The Balaban J connectivity index is 1.41. The van der Waals surface area contributed by atoms with Gasteiger partial charge in [-0.15, -0.1) is 0 Å². The van der Waals surface area contributed by atoms with Crippen molar-refractivity contribution >= 4 is 38.5 Å². The monoisotopic (exact) mass is 597 g/mol. The summed E-state index contributed by atoms with van der Waals surface area (Å²) in [7, 11) is -3.79. The SMILES string of the molecule is CCCCn1c(=O)n(CC2C=CC=CC2F)c(=O)c2[nH]c(Cc3ccc(NS(=O)(=O)c4ccc(Cl)cc4)cc3)nc21. The van der Waals surface area contributed by atoms with Crippen LogP contribution in [0.4, 0.5) is 10.1 Å². The summed E-state index contributed by atoms with van der Waals surface area (Å²) in [5.74, 6) is -0.154. The first-order valence-electron chi connectivity index (χ1n) is 13.2. The second-order valence-corrected chi connectivity index (χ2v) is 12.0. The quantitative estimate of drug-likeness (QED) is 0.272. The number of H-pyrrole nitrogens is 1. The molecule has 0 amide bonds. The minimum absolute atomic E-state index is 0.0799. The number of imidazole rings is 1. The molecule has 1 aliphatic carbocycles. The lowest BCUT2D eigenvalue weighted by atomic mass is 9.99. The van der Waals surface area contributed by atoms with Crippen LogP contribution in [-0.2, 0) is 29.5 Å². The second-order valence-electron chi connectivity index (χ2n) is 9.90. The van der Waals surface area contributed by atoms with Crippen molar-refractivity contribution in [1.29, 1.82) is 0 Å². The van der Waals surface area contributed by atoms with Crippen molar-refractivity contribution < 1.29 is 12.8 Å². The topological polar surface area (TPSA) is 119 Å². The van der Waals surface area contributed by atoms with Gasteiger partial charge in [-0.25, -0.2) is 22.6 Å². The molecule has 0 saturated carbocycles. The van der Waals surface area contributed by atoms with E-state index in [-0.39, 0.29) is 22.6 Å². The highest BCUT2D eigenvalue weighted by Crippen LogP contribution is 2.21. The Kier molecular flexibility index (Phi) is 8.27. The molecule has 5 rings (SSSR count). The lowest BCUT2D eigenvalue weighted by Crippen LogP contribution is -2.42. The predicted molar refractivity (Wildman–Crippen MR) is 158 cm³/mol. The number of halogens is 2. The summed E-state index contributed by atoms with van der Waals surface area (Å²) in [6.45, 7) is 2.29. The number of hydrogen-bond acceptors (Lipinski definition) is 5. The normalized spacial score (nSPS) is 16.9. The number of unbranched alkanes of at least 4 members (excludes halogenated alkanes) is 1. The fourth-order valence-corrected chi connectivity index (χ4v) is 5.87. The molecule has 2 atom stereocenters. The fraction of sp³-hybridized carbons (Fsp3) is 0.276. The number of aryl methyl sites for hydroxylation is 1. The van der Waals surface area contributed by atoms with Gasteiger partial charge >= 0.3 is 5.69 Å². The molecular formula is C29H29ClFN5O4S. The maximum atomic E-state index is 14.5. The summed E-state index contributed by atoms with van der Waals surface area (Å²) in [6.07, 6.45) is 6.95. The van der Waals surface area contributed by atoms with Crippen molar-refractivity contribution in [3.8, 4) is 0 Å². The van der Waals surface area contributed by atoms with E-state index < -0.39 is 33.4 Å². The zero-order valence-corrected chi connectivity index (χ0v) is 23.8. The maximum absolute atomic E-state index is 14.5. The molecule has 2 aromatic heterocycles. The Morgan fingerprint density at radius 1 is 1.02 bits per heavy atom. The molecule has 12 heteroatoms. The number of aromatic amines is 1. The van der Waals surface area contributed by atoms with Crippen LogP contribution >= 0.6 is 11.6 Å². The average Bonchev–Trinajstić information content (AvgIpc) is 3.37. The lowest BCUT2D eigenvalue weighted by Gasteiger charge is -2.19. The number of allylic oxidation sites excluding steroid dienone is 4. The van der Waals surface area contributed by atoms with Gasteiger partial charge < -0.3 is 4.98 Å². The van der Waals surface area contributed by atoms with Crippen LogP contribution in [0.2, 0.25) is 5.02 Å². The van der Waals surface area contributed by atoms with Crippen LogP contribution in [0.5, 0.6) is 0 Å². The summed E-state index contributed by atoms with van der Waals surface area (Å²) in [5, 5.41) is 0.437. The van der Waals surface area contributed by atoms with Gasteiger partial charge in [0.05, 0.1) is 4.90 Å². The first kappa shape index (κ1) is 28.6. The Hall–Kier alpha value is -3.96. The van der Waals surface area contributed by atoms with E-state index in [1.807, 2.05) is 6.92 Å². The number of alkyl halides is 1. The van der Waals surface area contributed by atoms with E-state index in [9.17, 15) is 22.4 Å². The summed E-state index contributed by atoms with van der Waals surface area (Å²) >= 11 is 5.86. The third-order valence-corrected chi connectivity index (χ3v) is 8.56. The van der Waals surface area contributed by atoms with E-state index in [4.69, 9.17) is 11.6 Å². The highest BCUT2D eigenvalue weighted by Gasteiger charge is 2.23. The number of hydrogen-bond donors (Lipinski definition) is 2. The van der Waals surface area contributed by atoms with Crippen LogP contribution in [0, 0.1) is 5.92 Å². The van der Waals surface area contributed by atoms with Gasteiger partial charge in [0, 0.05) is 36.1 Å². The number of benzene rings is 2. The minimum Gasteiger partial charge on any atom is -0.336 e. The van der Waals surface area contributed by atoms with E-state index in [0.717, 1.165) is 16.6 Å². The molecule has 2 N–H and O–H groups in total. The summed E-state index contributed by atoms with van der Waals surface area (Å²) in [5.41, 5.74) is 0.583. The summed E-state index contributed by atoms with van der Waals surface area (Å²) in [6, 6.07) is 12.6. The molecule has 0 spiro atoms. The van der Waals surface area contributed by atoms with E-state index >= 15 is 0 Å². The third-order valence-electron chi connectivity index (χ3n) is 6.91. The summed E-state index contributed by atoms with van der Waals surface area (Å²) in [4.78, 5) is 34.5. The highest BCUT2D eigenvalue weighted by molar-refractivity contribution is 7.92. The number of sulfonamides is 1. The predicted octanol–water partition coefficient (Wildman–Crippen LogP) is 4.81. The first-order valence-corrected chi connectivity index (χ1v) is 15.1. The van der Waals surface area contributed by atoms with Crippen molar-refractivity contribution in [3.63, 3.8) is 0 Å². The number of nitrogens with one attached hydrogen (secondary N) is 2. The van der Waals surface area contributed by atoms with Crippen LogP contribution in [0.25, 0.3) is 11.2 Å². The highest BCUT2D eigenvalue weighted by atomic mass is 35.5. The van der Waals surface area contributed by atoms with Gasteiger partial charge in [-0.1, -0.05) is 61.4 Å². The standard InChI is InChI=1S/C29H29ClFN5O4S/c1-2-3-16-35-27-26(28(37)36(29(35)38)18-20-6-4-5-7-24(20)31)32-25(33-27)17-19-8-12-22(13-9-19)34-41(39,40)23-14-10-21(30)11-15-23/h4-15,20,24,34H,2-3,16-18H2,1H3,(H,32,33). The van der Waals surface area contributed by atoms with Crippen molar-refractivity contribution in [3.05, 3.63) is 110 Å². The molecule has 2 heterocycles. The Morgan fingerprint density at radius 3 is 2.41 bits per heavy atom. The van der Waals surface area contributed by atoms with E-state index in [2.05, 4.69) is 14.7 Å². The van der Waals surface area contributed by atoms with Gasteiger partial charge in [0.2, 0.25) is 0 Å². The molecule has 0 saturated heterocycles. The Labute approximate surface area is 241 Å². The molecule has 2 aromatic carbocycles. The molecule has 9 nitrogen and oxygen atoms in total. The van der Waals surface area contributed by atoms with Gasteiger partial charge in [0.25, 0.3) is 15.6 Å². The van der Waals surface area contributed by atoms with Gasteiger partial charge in [-0.05, 0) is 48.4 Å². The third kappa shape index (κ3) is 6.20. The molecule has 0 aliphatic heterocycles. The number of aromatic nitrogens is 4. The Morgan fingerprint density at radius 2 is 1.73 bits per heavy atom. The van der Waals surface area contributed by atoms with Crippen LogP contribution in [0.3, 0.4) is 0 Å². The van der Waals surface area contributed by atoms with Crippen LogP contribution < -0.4 is 16.0 Å². The van der Waals surface area contributed by atoms with E-state index in [1.54, 1.807) is 42.5 Å². The Bertz CT molecular complexity index is 1840. The number of fused-ring (bicyclic) bond motifs is 1. The van der Waals surface area contributed by atoms with Crippen LogP contribution in [0.15, 0.2) is 87.3 Å². The first-order chi connectivity index (χ1) is 19.7. The molecule has 41 heavy (non-hydrogen) atoms. The number of anilines is 1. The molecule has 0 radical (unpaired) electrons. The smallest absolute Gasteiger partial charge is 0.332 e. The van der Waals surface area contributed by atoms with Gasteiger partial charge in [-0.3, -0.25) is 18.7 Å². The largest absolute Gasteiger partial charge is 0.336 e. The van der Waals surface area contributed by atoms with E-state index in [1.165, 1.54) is 34.9 Å². The number of nitrogens with zero attached hydrogens (tertiary/aromatic N) is 3. The maximum Gasteiger partial charge on any atom is 0.332 e. The molecule has 4 aromatic rings.